The number of fused-ring (bicyclic) bond motifs is 4. The molecule has 2 atom stereocenters. The number of halogens is 2. The summed E-state index contributed by atoms with van der Waals surface area (Å²) >= 11 is 6.84. The molecule has 3 aromatic heterocycles. The molecule has 13 heteroatoms. The molecule has 11 nitrogen and oxygen atoms in total. The number of ether oxygens (including phenoxy) is 3. The first-order chi connectivity index (χ1) is 22.5. The second-order valence-electron chi connectivity index (χ2n) is 13.2. The van der Waals surface area contributed by atoms with Crippen molar-refractivity contribution in [1.82, 2.24) is 30.0 Å². The van der Waals surface area contributed by atoms with Gasteiger partial charge >= 0.3 is 6.01 Å². The molecule has 0 spiro atoms. The number of anilines is 1. The van der Waals surface area contributed by atoms with Crippen molar-refractivity contribution in [2.45, 2.75) is 56.0 Å². The minimum atomic E-state index is -0.568. The number of hydrogen-bond acceptors (Lipinski definition) is 10. The number of rotatable bonds is 6. The molecule has 0 unspecified atom stereocenters. The summed E-state index contributed by atoms with van der Waals surface area (Å²) in [6, 6.07) is 1.85. The maximum absolute atomic E-state index is 17.2. The minimum absolute atomic E-state index is 0.0260. The smallest absolute Gasteiger partial charge is 0.319 e. The van der Waals surface area contributed by atoms with E-state index in [0.29, 0.717) is 60.3 Å². The average molecular weight is 648 g/mol. The number of aromatic nitrogens is 5. The number of aliphatic hydroxyl groups is 1. The van der Waals surface area contributed by atoms with Crippen molar-refractivity contribution < 1.29 is 23.7 Å². The largest absolute Gasteiger partial charge is 0.475 e. The number of hydrogen-bond donors (Lipinski definition) is 2. The normalized spacial score (nSPS) is 25.5. The Morgan fingerprint density at radius 3 is 2.98 bits per heavy atom. The van der Waals surface area contributed by atoms with Crippen LogP contribution in [0.5, 0.6) is 11.9 Å². The Bertz CT molecular complexity index is 1900. The van der Waals surface area contributed by atoms with Crippen molar-refractivity contribution in [3.63, 3.8) is 0 Å². The lowest BCUT2D eigenvalue weighted by Crippen LogP contribution is -2.43. The van der Waals surface area contributed by atoms with E-state index in [1.165, 1.54) is 5.57 Å². The average Bonchev–Trinajstić information content (AvgIpc) is 3.64. The number of H-pyrrole nitrogens is 1. The molecule has 0 bridgehead atoms. The van der Waals surface area contributed by atoms with Crippen molar-refractivity contribution in [3.05, 3.63) is 40.3 Å². The second-order valence-corrected chi connectivity index (χ2v) is 13.6. The first-order valence-electron chi connectivity index (χ1n) is 16.2. The van der Waals surface area contributed by atoms with Gasteiger partial charge < -0.3 is 24.2 Å². The fraction of sp³-hybridized carbons (Fsp3) is 0.515. The number of benzene rings is 1. The summed E-state index contributed by atoms with van der Waals surface area (Å²) in [6.07, 6.45) is 9.21. The van der Waals surface area contributed by atoms with Crippen molar-refractivity contribution in [2.75, 3.05) is 57.6 Å². The third kappa shape index (κ3) is 4.56. The third-order valence-electron chi connectivity index (χ3n) is 10.3. The first-order valence-corrected chi connectivity index (χ1v) is 16.6. The first kappa shape index (κ1) is 28.6. The van der Waals surface area contributed by atoms with E-state index in [9.17, 15) is 5.11 Å². The predicted molar refractivity (Wildman–Crippen MR) is 170 cm³/mol. The van der Waals surface area contributed by atoms with Crippen molar-refractivity contribution >= 4 is 39.2 Å². The number of aromatic amines is 1. The van der Waals surface area contributed by atoms with Crippen LogP contribution in [-0.4, -0.2) is 99.4 Å². The van der Waals surface area contributed by atoms with Gasteiger partial charge in [0.25, 0.3) is 0 Å². The highest BCUT2D eigenvalue weighted by Crippen LogP contribution is 2.51. The fourth-order valence-corrected chi connectivity index (χ4v) is 8.37. The summed E-state index contributed by atoms with van der Waals surface area (Å²) in [6.45, 7) is 4.25. The van der Waals surface area contributed by atoms with Gasteiger partial charge in [0.15, 0.2) is 5.82 Å². The molecule has 4 fully saturated rings. The van der Waals surface area contributed by atoms with Gasteiger partial charge in [-0.05, 0) is 62.6 Å². The number of nitrogens with zero attached hydrogens (tertiary/aromatic N) is 6. The Labute approximate surface area is 269 Å². The van der Waals surface area contributed by atoms with Crippen LogP contribution in [0.4, 0.5) is 10.2 Å². The summed E-state index contributed by atoms with van der Waals surface area (Å²) in [4.78, 5) is 19.1. The van der Waals surface area contributed by atoms with Gasteiger partial charge in [-0.3, -0.25) is 10.00 Å². The van der Waals surface area contributed by atoms with Gasteiger partial charge in [0, 0.05) is 35.7 Å². The third-order valence-corrected chi connectivity index (χ3v) is 10.6. The zero-order valence-corrected chi connectivity index (χ0v) is 26.2. The van der Waals surface area contributed by atoms with Gasteiger partial charge in [0.05, 0.1) is 36.5 Å². The molecule has 3 saturated heterocycles. The lowest BCUT2D eigenvalue weighted by atomic mass is 9.93. The molecule has 1 aliphatic carbocycles. The van der Waals surface area contributed by atoms with Crippen molar-refractivity contribution in [2.24, 2.45) is 0 Å². The molecule has 9 rings (SSSR count). The van der Waals surface area contributed by atoms with Crippen LogP contribution >= 0.6 is 11.6 Å². The van der Waals surface area contributed by atoms with E-state index in [1.54, 1.807) is 6.20 Å². The summed E-state index contributed by atoms with van der Waals surface area (Å²) < 4.78 is 35.9. The van der Waals surface area contributed by atoms with Gasteiger partial charge in [-0.15, -0.1) is 0 Å². The molecule has 240 valence electrons. The Morgan fingerprint density at radius 1 is 1.20 bits per heavy atom. The van der Waals surface area contributed by atoms with E-state index in [2.05, 4.69) is 20.0 Å². The summed E-state index contributed by atoms with van der Waals surface area (Å²) in [7, 11) is 0. The quantitative estimate of drug-likeness (QED) is 0.283. The Hall–Kier alpha value is -3.58. The molecule has 1 saturated carbocycles. The minimum Gasteiger partial charge on any atom is -0.475 e. The number of pyridine rings is 1. The number of nitrogens with one attached hydrogen (secondary N) is 1. The molecule has 7 heterocycles. The van der Waals surface area contributed by atoms with Crippen LogP contribution < -0.4 is 14.4 Å². The second kappa shape index (κ2) is 11.0. The van der Waals surface area contributed by atoms with E-state index in [1.807, 2.05) is 12.1 Å². The standard InChI is InChI=1S/C33H35ClFN7O4/c34-22-11-23-21(13-36-40-23)25(24(22)19-3-4-19)28-27(35)29-26-30(42-8-2-10-44-15-20(42)16-45-31(26)37-28)39-32(38-29)46-17-33-6-1-7-41(33)14-18(12-33)5-9-43/h5,11,13,19-20,43H,1-4,6-10,12,14-17H2,(H,36,40)/b18-5-/t20-,33-/m0/s1. The van der Waals surface area contributed by atoms with E-state index < -0.39 is 5.82 Å². The molecule has 0 amide bonds. The van der Waals surface area contributed by atoms with Gasteiger partial charge in [0.1, 0.15) is 35.6 Å². The van der Waals surface area contributed by atoms with Crippen LogP contribution in [0.1, 0.15) is 50.0 Å². The van der Waals surface area contributed by atoms with Crippen LogP contribution in [0, 0.1) is 5.82 Å². The summed E-state index contributed by atoms with van der Waals surface area (Å²) in [5, 5.41) is 18.5. The van der Waals surface area contributed by atoms with Crippen LogP contribution in [0.3, 0.4) is 0 Å². The summed E-state index contributed by atoms with van der Waals surface area (Å²) in [5.74, 6) is 0.491. The van der Waals surface area contributed by atoms with Crippen molar-refractivity contribution in [3.8, 4) is 23.1 Å². The molecule has 1 aromatic carbocycles. The Kier molecular flexibility index (Phi) is 6.85. The highest BCUT2D eigenvalue weighted by Gasteiger charge is 2.47. The summed E-state index contributed by atoms with van der Waals surface area (Å²) in [5.41, 5.74) is 3.47. The molecule has 4 aromatic rings. The highest BCUT2D eigenvalue weighted by atomic mass is 35.5. The van der Waals surface area contributed by atoms with Crippen LogP contribution in [-0.2, 0) is 4.74 Å². The van der Waals surface area contributed by atoms with Crippen LogP contribution in [0.15, 0.2) is 23.9 Å². The van der Waals surface area contributed by atoms with E-state index in [0.717, 1.165) is 62.6 Å². The van der Waals surface area contributed by atoms with E-state index >= 15 is 4.39 Å². The number of aliphatic hydroxyl groups excluding tert-OH is 1. The monoisotopic (exact) mass is 647 g/mol. The lowest BCUT2D eigenvalue weighted by molar-refractivity contribution is 0.108. The van der Waals surface area contributed by atoms with E-state index in [-0.39, 0.29) is 47.2 Å². The lowest BCUT2D eigenvalue weighted by Gasteiger charge is -2.31. The predicted octanol–water partition coefficient (Wildman–Crippen LogP) is 4.76. The molecular formula is C33H35ClFN7O4. The Balaban J connectivity index is 1.21. The SMILES string of the molecule is OC/C=C1\CN2CCC[C@@]2(COc2nc3c4c(nc(-c5c(C6CC6)c(Cl)cc6[nH]ncc56)c(F)c4n2)OC[C@@H]2COCCCN32)C1. The maximum atomic E-state index is 17.2. The highest BCUT2D eigenvalue weighted by molar-refractivity contribution is 6.33. The van der Waals surface area contributed by atoms with Gasteiger partial charge in [-0.1, -0.05) is 23.3 Å². The maximum Gasteiger partial charge on any atom is 0.319 e. The molecule has 46 heavy (non-hydrogen) atoms. The van der Waals surface area contributed by atoms with Crippen LogP contribution in [0.2, 0.25) is 5.02 Å². The molecule has 2 N–H and O–H groups in total. The van der Waals surface area contributed by atoms with Gasteiger partial charge in [-0.2, -0.15) is 15.1 Å². The van der Waals surface area contributed by atoms with Crippen molar-refractivity contribution in [1.29, 1.82) is 0 Å². The van der Waals surface area contributed by atoms with Gasteiger partial charge in [-0.25, -0.2) is 9.37 Å². The molecule has 5 aliphatic rings. The van der Waals surface area contributed by atoms with E-state index in [4.69, 9.17) is 40.8 Å². The topological polar surface area (TPSA) is 122 Å². The molecule has 0 radical (unpaired) electrons. The zero-order valence-electron chi connectivity index (χ0n) is 25.4. The molecular weight excluding hydrogens is 613 g/mol. The fourth-order valence-electron chi connectivity index (χ4n) is 8.01. The zero-order chi connectivity index (χ0) is 31.0. The molecule has 4 aliphatic heterocycles. The van der Waals surface area contributed by atoms with Crippen LogP contribution in [0.25, 0.3) is 33.1 Å². The Morgan fingerprint density at radius 2 is 2.11 bits per heavy atom. The van der Waals surface area contributed by atoms with Gasteiger partial charge in [0.2, 0.25) is 5.88 Å².